The quantitative estimate of drug-likeness (QED) is 0.414. The summed E-state index contributed by atoms with van der Waals surface area (Å²) in [4.78, 5) is 16.5. The second-order valence-electron chi connectivity index (χ2n) is 7.18. The van der Waals surface area contributed by atoms with Gasteiger partial charge in [0.1, 0.15) is 5.75 Å². The van der Waals surface area contributed by atoms with Crippen LogP contribution in [0.3, 0.4) is 0 Å². The molecular weight excluding hydrogens is 394 g/mol. The van der Waals surface area contributed by atoms with E-state index in [9.17, 15) is 4.79 Å². The fraction of sp³-hybridized carbons (Fsp3) is 0.280. The number of carbonyl (C=O) groups is 1. The van der Waals surface area contributed by atoms with Crippen LogP contribution >= 0.6 is 11.8 Å². The number of aromatic nitrogens is 1. The predicted molar refractivity (Wildman–Crippen MR) is 122 cm³/mol. The van der Waals surface area contributed by atoms with Crippen molar-refractivity contribution < 1.29 is 14.6 Å². The Hall–Kier alpha value is -2.79. The van der Waals surface area contributed by atoms with Gasteiger partial charge in [0.15, 0.2) is 0 Å². The Morgan fingerprint density at radius 2 is 1.97 bits per heavy atom. The van der Waals surface area contributed by atoms with Gasteiger partial charge < -0.3 is 9.84 Å². The van der Waals surface area contributed by atoms with Crippen molar-refractivity contribution in [2.24, 2.45) is 0 Å². The van der Waals surface area contributed by atoms with Gasteiger partial charge in [-0.2, -0.15) is 0 Å². The van der Waals surface area contributed by atoms with E-state index in [0.29, 0.717) is 0 Å². The van der Waals surface area contributed by atoms with Crippen molar-refractivity contribution in [1.82, 2.24) is 4.98 Å². The van der Waals surface area contributed by atoms with E-state index in [1.54, 1.807) is 18.0 Å². The lowest BCUT2D eigenvalue weighted by Gasteiger charge is -2.18. The monoisotopic (exact) mass is 421 g/mol. The van der Waals surface area contributed by atoms with Crippen LogP contribution in [0.1, 0.15) is 31.4 Å². The third kappa shape index (κ3) is 6.36. The van der Waals surface area contributed by atoms with Gasteiger partial charge in [-0.1, -0.05) is 31.2 Å². The van der Waals surface area contributed by atoms with Gasteiger partial charge in [-0.05, 0) is 67.3 Å². The van der Waals surface area contributed by atoms with E-state index in [1.807, 2.05) is 48.5 Å². The number of carboxylic acids is 1. The van der Waals surface area contributed by atoms with E-state index in [1.165, 1.54) is 5.56 Å². The van der Waals surface area contributed by atoms with Crippen LogP contribution in [0.25, 0.3) is 11.3 Å². The van der Waals surface area contributed by atoms with Crippen molar-refractivity contribution in [2.75, 3.05) is 5.75 Å². The summed E-state index contributed by atoms with van der Waals surface area (Å²) < 4.78 is 6.28. The molecule has 4 nitrogen and oxygen atoms in total. The third-order valence-corrected chi connectivity index (χ3v) is 5.80. The molecule has 0 amide bonds. The predicted octanol–water partition coefficient (Wildman–Crippen LogP) is 5.89. The number of ether oxygens (including phenoxy) is 1. The number of rotatable bonds is 10. The third-order valence-electron chi connectivity index (χ3n) is 4.77. The Balaban J connectivity index is 1.61. The number of hydrogen-bond acceptors (Lipinski definition) is 4. The zero-order valence-electron chi connectivity index (χ0n) is 17.4. The van der Waals surface area contributed by atoms with Gasteiger partial charge in [0.05, 0.1) is 18.2 Å². The summed E-state index contributed by atoms with van der Waals surface area (Å²) in [6, 6.07) is 20.0. The molecular formula is C25H27NO3S. The highest BCUT2D eigenvalue weighted by atomic mass is 32.2. The summed E-state index contributed by atoms with van der Waals surface area (Å²) in [5.74, 6) is 0.938. The van der Waals surface area contributed by atoms with Crippen LogP contribution in [0.5, 0.6) is 5.75 Å². The minimum absolute atomic E-state index is 0.0506. The summed E-state index contributed by atoms with van der Waals surface area (Å²) in [6.07, 6.45) is 3.75. The molecule has 0 aliphatic rings. The highest BCUT2D eigenvalue weighted by Crippen LogP contribution is 2.31. The standard InChI is InChI=1S/C25H27NO3S/c1-3-19-10-11-24(22(16-19)23-9-4-5-13-26-23)29-18(2)12-14-30-21-8-6-7-20(15-21)17-25(27)28/h4-11,13,15-16,18H,3,12,14,17H2,1-2H3,(H,27,28)/t18-/m0/s1. The number of thioether (sulfide) groups is 1. The van der Waals surface area contributed by atoms with Crippen molar-refractivity contribution in [2.45, 2.75) is 44.1 Å². The van der Waals surface area contributed by atoms with Crippen molar-refractivity contribution in [1.29, 1.82) is 0 Å². The number of hydrogen-bond donors (Lipinski definition) is 1. The van der Waals surface area contributed by atoms with Crippen LogP contribution in [0, 0.1) is 0 Å². The molecule has 0 saturated heterocycles. The average molecular weight is 422 g/mol. The van der Waals surface area contributed by atoms with Gasteiger partial charge in [0, 0.05) is 22.4 Å². The molecule has 0 spiro atoms. The first-order valence-corrected chi connectivity index (χ1v) is 11.2. The fourth-order valence-corrected chi connectivity index (χ4v) is 4.26. The van der Waals surface area contributed by atoms with E-state index >= 15 is 0 Å². The molecule has 3 aromatic rings. The minimum atomic E-state index is -0.808. The molecule has 0 radical (unpaired) electrons. The van der Waals surface area contributed by atoms with Crippen LogP contribution in [-0.2, 0) is 17.6 Å². The first-order valence-electron chi connectivity index (χ1n) is 10.2. The molecule has 1 N–H and O–H groups in total. The van der Waals surface area contributed by atoms with Crippen LogP contribution in [0.2, 0.25) is 0 Å². The maximum atomic E-state index is 10.9. The Bertz CT molecular complexity index is 975. The highest BCUT2D eigenvalue weighted by molar-refractivity contribution is 7.99. The van der Waals surface area contributed by atoms with E-state index in [0.717, 1.165) is 46.1 Å². The number of pyridine rings is 1. The molecule has 0 bridgehead atoms. The van der Waals surface area contributed by atoms with Crippen LogP contribution in [0.4, 0.5) is 0 Å². The fourth-order valence-electron chi connectivity index (χ4n) is 3.16. The Morgan fingerprint density at radius 1 is 1.10 bits per heavy atom. The highest BCUT2D eigenvalue weighted by Gasteiger charge is 2.12. The molecule has 5 heteroatoms. The average Bonchev–Trinajstić information content (AvgIpc) is 2.74. The van der Waals surface area contributed by atoms with Gasteiger partial charge in [0.25, 0.3) is 0 Å². The topological polar surface area (TPSA) is 59.4 Å². The zero-order chi connectivity index (χ0) is 21.3. The lowest BCUT2D eigenvalue weighted by molar-refractivity contribution is -0.136. The van der Waals surface area contributed by atoms with Crippen LogP contribution in [-0.4, -0.2) is 27.9 Å². The van der Waals surface area contributed by atoms with Crippen LogP contribution < -0.4 is 4.74 Å². The number of nitrogens with zero attached hydrogens (tertiary/aromatic N) is 1. The second kappa shape index (κ2) is 10.8. The molecule has 0 saturated carbocycles. The number of carboxylic acid groups (broad SMARTS) is 1. The van der Waals surface area contributed by atoms with Gasteiger partial charge in [-0.25, -0.2) is 0 Å². The van der Waals surface area contributed by atoms with E-state index in [-0.39, 0.29) is 12.5 Å². The van der Waals surface area contributed by atoms with Crippen LogP contribution in [0.15, 0.2) is 71.8 Å². The van der Waals surface area contributed by atoms with Crippen molar-refractivity contribution in [3.63, 3.8) is 0 Å². The molecule has 0 aliphatic carbocycles. The molecule has 0 unspecified atom stereocenters. The number of aryl methyl sites for hydroxylation is 1. The molecule has 156 valence electrons. The molecule has 30 heavy (non-hydrogen) atoms. The van der Waals surface area contributed by atoms with Gasteiger partial charge in [-0.15, -0.1) is 11.8 Å². The lowest BCUT2D eigenvalue weighted by Crippen LogP contribution is -2.13. The molecule has 2 aromatic carbocycles. The smallest absolute Gasteiger partial charge is 0.307 e. The Morgan fingerprint density at radius 3 is 2.70 bits per heavy atom. The SMILES string of the molecule is CCc1ccc(O[C@@H](C)CCSc2cccc(CC(=O)O)c2)c(-c2ccccn2)c1. The maximum Gasteiger partial charge on any atom is 0.307 e. The normalized spacial score (nSPS) is 11.8. The molecule has 0 fully saturated rings. The molecule has 1 atom stereocenters. The molecule has 1 aromatic heterocycles. The first kappa shape index (κ1) is 21.9. The van der Waals surface area contributed by atoms with Gasteiger partial charge in [0.2, 0.25) is 0 Å². The van der Waals surface area contributed by atoms with E-state index < -0.39 is 5.97 Å². The summed E-state index contributed by atoms with van der Waals surface area (Å²) >= 11 is 1.72. The second-order valence-corrected chi connectivity index (χ2v) is 8.35. The van der Waals surface area contributed by atoms with Gasteiger partial charge >= 0.3 is 5.97 Å². The molecule has 1 heterocycles. The first-order chi connectivity index (χ1) is 14.5. The lowest BCUT2D eigenvalue weighted by atomic mass is 10.0. The summed E-state index contributed by atoms with van der Waals surface area (Å²) in [5, 5.41) is 8.96. The van der Waals surface area contributed by atoms with Crippen molar-refractivity contribution >= 4 is 17.7 Å². The van der Waals surface area contributed by atoms with Crippen molar-refractivity contribution in [3.8, 4) is 17.0 Å². The minimum Gasteiger partial charge on any atom is -0.490 e. The summed E-state index contributed by atoms with van der Waals surface area (Å²) in [6.45, 7) is 4.22. The Kier molecular flexibility index (Phi) is 7.91. The van der Waals surface area contributed by atoms with Gasteiger partial charge in [-0.3, -0.25) is 9.78 Å². The maximum absolute atomic E-state index is 10.9. The summed E-state index contributed by atoms with van der Waals surface area (Å²) in [5.41, 5.74) is 4.02. The Labute approximate surface area is 182 Å². The van der Waals surface area contributed by atoms with E-state index in [4.69, 9.17) is 9.84 Å². The largest absolute Gasteiger partial charge is 0.490 e. The van der Waals surface area contributed by atoms with E-state index in [2.05, 4.69) is 31.0 Å². The zero-order valence-corrected chi connectivity index (χ0v) is 18.2. The number of benzene rings is 2. The molecule has 0 aliphatic heterocycles. The molecule has 3 rings (SSSR count). The van der Waals surface area contributed by atoms with Crippen molar-refractivity contribution in [3.05, 3.63) is 78.0 Å². The number of aliphatic carboxylic acids is 1. The summed E-state index contributed by atoms with van der Waals surface area (Å²) in [7, 11) is 0.